The van der Waals surface area contributed by atoms with Gasteiger partial charge in [0.1, 0.15) is 12.4 Å². The van der Waals surface area contributed by atoms with E-state index in [2.05, 4.69) is 38.7 Å². The maximum Gasteiger partial charge on any atom is 0.163 e. The molecule has 2 saturated heterocycles. The summed E-state index contributed by atoms with van der Waals surface area (Å²) in [5.41, 5.74) is 4.09. The van der Waals surface area contributed by atoms with E-state index in [1.54, 1.807) is 11.3 Å². The van der Waals surface area contributed by atoms with Gasteiger partial charge in [-0.1, -0.05) is 18.2 Å². The lowest BCUT2D eigenvalue weighted by Crippen LogP contribution is -2.48. The number of aldehydes is 1. The molecule has 0 aliphatic carbocycles. The molecule has 0 amide bonds. The topological polar surface area (TPSA) is 94.9 Å². The van der Waals surface area contributed by atoms with Crippen molar-refractivity contribution in [3.05, 3.63) is 47.0 Å². The van der Waals surface area contributed by atoms with Crippen molar-refractivity contribution >= 4 is 44.6 Å². The first-order valence-corrected chi connectivity index (χ1v) is 14.0. The minimum absolute atomic E-state index is 0.407. The van der Waals surface area contributed by atoms with E-state index in [1.807, 2.05) is 24.4 Å². The smallest absolute Gasteiger partial charge is 0.163 e. The van der Waals surface area contributed by atoms with Gasteiger partial charge in [-0.05, 0) is 24.6 Å². The van der Waals surface area contributed by atoms with Crippen LogP contribution in [0, 0.1) is 6.92 Å². The van der Waals surface area contributed by atoms with E-state index in [1.165, 1.54) is 10.4 Å². The van der Waals surface area contributed by atoms with Crippen molar-refractivity contribution in [3.8, 4) is 11.4 Å². The molecule has 3 aromatic heterocycles. The Hall–Kier alpha value is -3.02. The Labute approximate surface area is 225 Å². The summed E-state index contributed by atoms with van der Waals surface area (Å²) in [6.45, 7) is 9.91. The van der Waals surface area contributed by atoms with Gasteiger partial charge in [-0.25, -0.2) is 9.97 Å². The Bertz CT molecular complexity index is 1450. The number of β-amino-alcohol motifs (C(OH)–C–C–N with tert-alkyl or cyclic N) is 1. The number of aromatic nitrogens is 3. The molecule has 5 heterocycles. The molecule has 2 aliphatic rings. The van der Waals surface area contributed by atoms with Gasteiger partial charge >= 0.3 is 0 Å². The summed E-state index contributed by atoms with van der Waals surface area (Å²) in [5, 5.41) is 10.7. The number of pyridine rings is 1. The highest BCUT2D eigenvalue weighted by Gasteiger charge is 2.25. The summed E-state index contributed by atoms with van der Waals surface area (Å²) in [6, 6.07) is 10.2. The van der Waals surface area contributed by atoms with Crippen molar-refractivity contribution in [1.29, 1.82) is 0 Å². The maximum absolute atomic E-state index is 10.8. The molecule has 9 nitrogen and oxygen atoms in total. The Balaban J connectivity index is 1.33. The molecule has 0 spiro atoms. The van der Waals surface area contributed by atoms with E-state index in [4.69, 9.17) is 14.7 Å². The van der Waals surface area contributed by atoms with E-state index >= 15 is 0 Å². The minimum atomic E-state index is -0.907. The molecule has 0 bridgehead atoms. The molecular weight excluding hydrogens is 500 g/mol. The molecule has 1 N–H and O–H groups in total. The molecule has 10 heteroatoms. The highest BCUT2D eigenvalue weighted by molar-refractivity contribution is 7.19. The SMILES string of the molecule is Cc1c(CN2CCN(C[C@H](O)C=O)CC2)sc2c(N3CCOCC3)nc(-c3cnc4ccccc4c3)nc12. The third kappa shape index (κ3) is 5.14. The van der Waals surface area contributed by atoms with Crippen molar-refractivity contribution in [1.82, 2.24) is 24.8 Å². The van der Waals surface area contributed by atoms with Crippen LogP contribution in [0.5, 0.6) is 0 Å². The van der Waals surface area contributed by atoms with Crippen molar-refractivity contribution < 1.29 is 14.6 Å². The summed E-state index contributed by atoms with van der Waals surface area (Å²) in [7, 11) is 0. The number of aryl methyl sites for hydroxylation is 1. The molecule has 1 atom stereocenters. The zero-order chi connectivity index (χ0) is 26.1. The van der Waals surface area contributed by atoms with Crippen LogP contribution in [0.2, 0.25) is 0 Å². The van der Waals surface area contributed by atoms with Crippen LogP contribution >= 0.6 is 11.3 Å². The van der Waals surface area contributed by atoms with Crippen LogP contribution in [0.25, 0.3) is 32.5 Å². The van der Waals surface area contributed by atoms with Crippen molar-refractivity contribution in [2.24, 2.45) is 0 Å². The summed E-state index contributed by atoms with van der Waals surface area (Å²) in [4.78, 5) is 33.9. The molecule has 6 rings (SSSR count). The lowest BCUT2D eigenvalue weighted by atomic mass is 10.1. The molecule has 198 valence electrons. The van der Waals surface area contributed by atoms with Crippen LogP contribution in [0.15, 0.2) is 36.5 Å². The van der Waals surface area contributed by atoms with Gasteiger partial charge in [0.05, 0.1) is 28.9 Å². The number of piperazine rings is 1. The number of aliphatic hydroxyl groups is 1. The molecular formula is C28H32N6O3S. The quantitative estimate of drug-likeness (QED) is 0.361. The summed E-state index contributed by atoms with van der Waals surface area (Å²) in [5.74, 6) is 1.68. The number of hydrogen-bond donors (Lipinski definition) is 1. The average Bonchev–Trinajstić information content (AvgIpc) is 3.28. The third-order valence-electron chi connectivity index (χ3n) is 7.44. The lowest BCUT2D eigenvalue weighted by molar-refractivity contribution is -0.115. The fourth-order valence-electron chi connectivity index (χ4n) is 5.22. The van der Waals surface area contributed by atoms with Crippen LogP contribution < -0.4 is 4.90 Å². The van der Waals surface area contributed by atoms with Gasteiger partial charge in [0.15, 0.2) is 11.6 Å². The first kappa shape index (κ1) is 25.3. The van der Waals surface area contributed by atoms with E-state index in [0.29, 0.717) is 31.9 Å². The van der Waals surface area contributed by atoms with Crippen molar-refractivity contribution in [2.75, 3.05) is 63.9 Å². The zero-order valence-corrected chi connectivity index (χ0v) is 22.4. The Kier molecular flexibility index (Phi) is 7.31. The molecule has 0 unspecified atom stereocenters. The van der Waals surface area contributed by atoms with Gasteiger partial charge in [-0.2, -0.15) is 0 Å². The molecule has 0 radical (unpaired) electrons. The first-order valence-electron chi connectivity index (χ1n) is 13.1. The number of hydrogen-bond acceptors (Lipinski definition) is 10. The van der Waals surface area contributed by atoms with Crippen LogP contribution in [0.1, 0.15) is 10.4 Å². The lowest BCUT2D eigenvalue weighted by Gasteiger charge is -2.34. The highest BCUT2D eigenvalue weighted by Crippen LogP contribution is 2.38. The number of nitrogens with zero attached hydrogens (tertiary/aromatic N) is 6. The van der Waals surface area contributed by atoms with Crippen molar-refractivity contribution in [3.63, 3.8) is 0 Å². The van der Waals surface area contributed by atoms with Crippen LogP contribution in [-0.4, -0.2) is 101 Å². The zero-order valence-electron chi connectivity index (χ0n) is 21.5. The number of anilines is 1. The normalized spacial score (nSPS) is 18.3. The summed E-state index contributed by atoms with van der Waals surface area (Å²) in [6.07, 6.45) is 1.58. The number of benzene rings is 1. The second-order valence-electron chi connectivity index (χ2n) is 10.00. The monoisotopic (exact) mass is 532 g/mol. The average molecular weight is 533 g/mol. The number of thiophene rings is 1. The molecule has 1 aromatic carbocycles. The van der Waals surface area contributed by atoms with Crippen LogP contribution in [0.3, 0.4) is 0 Å². The standard InChI is InChI=1S/C28H32N6O3S/c1-19-24(17-33-8-6-32(7-9-33)16-22(36)18-35)38-26-25(19)30-27(31-28(26)34-10-12-37-13-11-34)21-14-20-4-2-3-5-23(20)29-15-21/h2-5,14-15,18,22,36H,6-13,16-17H2,1H3/t22-/m0/s1. The predicted octanol–water partition coefficient (Wildman–Crippen LogP) is 2.73. The summed E-state index contributed by atoms with van der Waals surface area (Å²) >= 11 is 1.79. The van der Waals surface area contributed by atoms with Gasteiger partial charge in [0.25, 0.3) is 0 Å². The number of carbonyl (C=O) groups is 1. The van der Waals surface area contributed by atoms with Gasteiger partial charge in [-0.15, -0.1) is 11.3 Å². The van der Waals surface area contributed by atoms with Crippen LogP contribution in [-0.2, 0) is 16.1 Å². The molecule has 0 saturated carbocycles. The summed E-state index contributed by atoms with van der Waals surface area (Å²) < 4.78 is 6.76. The first-order chi connectivity index (χ1) is 18.6. The Morgan fingerprint density at radius 1 is 1.08 bits per heavy atom. The second kappa shape index (κ2) is 11.0. The van der Waals surface area contributed by atoms with Gasteiger partial charge in [-0.3, -0.25) is 14.8 Å². The van der Waals surface area contributed by atoms with Crippen LogP contribution in [0.4, 0.5) is 5.82 Å². The largest absolute Gasteiger partial charge is 0.384 e. The molecule has 4 aromatic rings. The molecule has 2 aliphatic heterocycles. The second-order valence-corrected chi connectivity index (χ2v) is 11.1. The van der Waals surface area contributed by atoms with Crippen molar-refractivity contribution in [2.45, 2.75) is 19.6 Å². The number of ether oxygens (including phenoxy) is 1. The number of rotatable bonds is 7. The number of para-hydroxylation sites is 1. The number of aliphatic hydroxyl groups excluding tert-OH is 1. The fraction of sp³-hybridized carbons (Fsp3) is 0.429. The maximum atomic E-state index is 10.8. The number of fused-ring (bicyclic) bond motifs is 2. The molecule has 38 heavy (non-hydrogen) atoms. The Morgan fingerprint density at radius 3 is 2.63 bits per heavy atom. The third-order valence-corrected chi connectivity index (χ3v) is 8.70. The highest BCUT2D eigenvalue weighted by atomic mass is 32.1. The van der Waals surface area contributed by atoms with E-state index < -0.39 is 6.10 Å². The Morgan fingerprint density at radius 2 is 1.84 bits per heavy atom. The van der Waals surface area contributed by atoms with E-state index in [0.717, 1.165) is 78.3 Å². The predicted molar refractivity (Wildman–Crippen MR) is 150 cm³/mol. The minimum Gasteiger partial charge on any atom is -0.384 e. The molecule has 2 fully saturated rings. The fourth-order valence-corrected chi connectivity index (χ4v) is 6.53. The number of carbonyl (C=O) groups excluding carboxylic acids is 1. The van der Waals surface area contributed by atoms with E-state index in [9.17, 15) is 9.90 Å². The van der Waals surface area contributed by atoms with Gasteiger partial charge < -0.3 is 19.5 Å². The van der Waals surface area contributed by atoms with E-state index in [-0.39, 0.29) is 0 Å². The van der Waals surface area contributed by atoms with Gasteiger partial charge in [0, 0.05) is 74.4 Å². The van der Waals surface area contributed by atoms with Gasteiger partial charge in [0.2, 0.25) is 0 Å². The number of morpholine rings is 1.